The van der Waals surface area contributed by atoms with Crippen LogP contribution in [0, 0.1) is 0 Å². The van der Waals surface area contributed by atoms with E-state index in [4.69, 9.17) is 0 Å². The van der Waals surface area contributed by atoms with Gasteiger partial charge in [-0.3, -0.25) is 0 Å². The van der Waals surface area contributed by atoms with Gasteiger partial charge in [0.2, 0.25) is 0 Å². The molecule has 0 radical (unpaired) electrons. The van der Waals surface area contributed by atoms with Gasteiger partial charge in [-0.05, 0) is 0 Å². The lowest BCUT2D eigenvalue weighted by atomic mass is 10.5. The van der Waals surface area contributed by atoms with Crippen LogP contribution >= 0.6 is 0 Å². The summed E-state index contributed by atoms with van der Waals surface area (Å²) in [5.74, 6) is 0.406. The van der Waals surface area contributed by atoms with Gasteiger partial charge in [0.1, 0.15) is 5.82 Å². The quantitative estimate of drug-likeness (QED) is 0.371. The van der Waals surface area contributed by atoms with E-state index in [-0.39, 0.29) is 5.97 Å². The summed E-state index contributed by atoms with van der Waals surface area (Å²) in [6.45, 7) is 1.73. The smallest absolute Gasteiger partial charge is 0.334 e. The van der Waals surface area contributed by atoms with Crippen LogP contribution in [0.1, 0.15) is 0 Å². The fourth-order valence-corrected chi connectivity index (χ4v) is 0.736. The van der Waals surface area contributed by atoms with E-state index in [2.05, 4.69) is 15.4 Å². The summed E-state index contributed by atoms with van der Waals surface area (Å²) in [5, 5.41) is 5.94. The Morgan fingerprint density at radius 1 is 1.60 bits per heavy atom. The van der Waals surface area contributed by atoms with Crippen molar-refractivity contribution in [3.05, 3.63) is 11.9 Å². The van der Waals surface area contributed by atoms with Gasteiger partial charge in [0, 0.05) is 13.1 Å². The van der Waals surface area contributed by atoms with Crippen molar-refractivity contribution >= 4 is 5.97 Å². The number of carbonyl (C=O) groups excluding carboxylic acids is 1. The van der Waals surface area contributed by atoms with Gasteiger partial charge in [-0.25, -0.2) is 4.79 Å². The number of rotatable bonds is 1. The fourth-order valence-electron chi connectivity index (χ4n) is 0.736. The minimum atomic E-state index is -0.336. The maximum absolute atomic E-state index is 10.6. The van der Waals surface area contributed by atoms with E-state index >= 15 is 0 Å². The molecular weight excluding hydrogens is 132 g/mol. The van der Waals surface area contributed by atoms with Crippen molar-refractivity contribution in [3.8, 4) is 0 Å². The van der Waals surface area contributed by atoms with Crippen LogP contribution in [0.2, 0.25) is 0 Å². The van der Waals surface area contributed by atoms with Crippen LogP contribution in [0.15, 0.2) is 11.9 Å². The predicted octanol–water partition coefficient (Wildman–Crippen LogP) is -0.806. The number of methoxy groups -OCH3 is 1. The first kappa shape index (κ1) is 6.92. The van der Waals surface area contributed by atoms with Crippen LogP contribution in [0.5, 0.6) is 0 Å². The molecule has 0 amide bonds. The third-order valence-electron chi connectivity index (χ3n) is 1.22. The first-order valence-corrected chi connectivity index (χ1v) is 3.10. The molecule has 1 aliphatic heterocycles. The molecule has 0 unspecified atom stereocenters. The van der Waals surface area contributed by atoms with E-state index in [9.17, 15) is 4.79 Å². The maximum atomic E-state index is 10.6. The van der Waals surface area contributed by atoms with E-state index in [1.165, 1.54) is 13.2 Å². The molecule has 1 saturated heterocycles. The number of nitrogens with one attached hydrogen (secondary N) is 2. The molecule has 1 aliphatic rings. The van der Waals surface area contributed by atoms with Crippen molar-refractivity contribution in [3.63, 3.8) is 0 Å². The molecule has 0 aliphatic carbocycles. The van der Waals surface area contributed by atoms with Gasteiger partial charge in [-0.1, -0.05) is 0 Å². The molecule has 0 saturated carbocycles. The highest BCUT2D eigenvalue weighted by molar-refractivity contribution is 5.82. The third kappa shape index (κ3) is 1.65. The van der Waals surface area contributed by atoms with Crippen LogP contribution in [-0.4, -0.2) is 26.2 Å². The zero-order chi connectivity index (χ0) is 7.40. The van der Waals surface area contributed by atoms with Gasteiger partial charge >= 0.3 is 5.97 Å². The Hall–Kier alpha value is -1.19. The molecule has 0 aromatic rings. The molecule has 10 heavy (non-hydrogen) atoms. The topological polar surface area (TPSA) is 50.4 Å². The summed E-state index contributed by atoms with van der Waals surface area (Å²) in [6.07, 6.45) is 1.40. The second-order valence-corrected chi connectivity index (χ2v) is 1.93. The Kier molecular flexibility index (Phi) is 2.15. The highest BCUT2D eigenvalue weighted by Crippen LogP contribution is 1.89. The first-order valence-electron chi connectivity index (χ1n) is 3.10. The number of ether oxygens (including phenoxy) is 1. The Balaban J connectivity index is 2.45. The van der Waals surface area contributed by atoms with Crippen molar-refractivity contribution in [2.24, 2.45) is 0 Å². The van der Waals surface area contributed by atoms with Gasteiger partial charge in [-0.15, -0.1) is 0 Å². The van der Waals surface area contributed by atoms with Crippen molar-refractivity contribution in [1.29, 1.82) is 0 Å². The summed E-state index contributed by atoms with van der Waals surface area (Å²) in [7, 11) is 1.36. The van der Waals surface area contributed by atoms with Crippen LogP contribution in [0.4, 0.5) is 0 Å². The van der Waals surface area contributed by atoms with Gasteiger partial charge < -0.3 is 15.4 Å². The molecular formula is C6H10N2O2. The number of carbonyl (C=O) groups is 1. The Morgan fingerprint density at radius 2 is 2.20 bits per heavy atom. The van der Waals surface area contributed by atoms with Gasteiger partial charge in [0.05, 0.1) is 13.2 Å². The van der Waals surface area contributed by atoms with Gasteiger partial charge in [-0.2, -0.15) is 0 Å². The molecule has 4 nitrogen and oxygen atoms in total. The lowest BCUT2D eigenvalue weighted by molar-refractivity contribution is -0.134. The van der Waals surface area contributed by atoms with Gasteiger partial charge in [0.15, 0.2) is 0 Å². The van der Waals surface area contributed by atoms with Crippen molar-refractivity contribution in [2.45, 2.75) is 0 Å². The largest absolute Gasteiger partial charge is 0.466 e. The van der Waals surface area contributed by atoms with Crippen molar-refractivity contribution in [2.75, 3.05) is 20.2 Å². The molecule has 0 aromatic heterocycles. The average Bonchev–Trinajstić information content (AvgIpc) is 2.40. The molecule has 4 heteroatoms. The molecule has 0 bridgehead atoms. The van der Waals surface area contributed by atoms with E-state index in [0.29, 0.717) is 0 Å². The Bertz CT molecular complexity index is 157. The van der Waals surface area contributed by atoms with Crippen LogP contribution in [-0.2, 0) is 9.53 Å². The molecule has 0 atom stereocenters. The van der Waals surface area contributed by atoms with Crippen LogP contribution in [0.25, 0.3) is 0 Å². The number of hydrogen-bond donors (Lipinski definition) is 2. The molecule has 1 rings (SSSR count). The SMILES string of the molecule is COC(=O)C=C1NCCN1. The zero-order valence-electron chi connectivity index (χ0n) is 5.81. The lowest BCUT2D eigenvalue weighted by Crippen LogP contribution is -2.12. The van der Waals surface area contributed by atoms with Crippen LogP contribution < -0.4 is 10.6 Å². The molecule has 1 heterocycles. The molecule has 0 aromatic carbocycles. The monoisotopic (exact) mass is 142 g/mol. The summed E-state index contributed by atoms with van der Waals surface area (Å²) >= 11 is 0. The standard InChI is InChI=1S/C6H10N2O2/c1-10-6(9)4-5-7-2-3-8-5/h4,7-8H,2-3H2,1H3. The highest BCUT2D eigenvalue weighted by Gasteiger charge is 2.04. The lowest BCUT2D eigenvalue weighted by Gasteiger charge is -1.96. The second kappa shape index (κ2) is 3.10. The van der Waals surface area contributed by atoms with E-state index < -0.39 is 0 Å². The van der Waals surface area contributed by atoms with Gasteiger partial charge in [0.25, 0.3) is 0 Å². The first-order chi connectivity index (χ1) is 4.83. The number of esters is 1. The Labute approximate surface area is 59.2 Å². The van der Waals surface area contributed by atoms with Crippen molar-refractivity contribution in [1.82, 2.24) is 10.6 Å². The Morgan fingerprint density at radius 3 is 2.70 bits per heavy atom. The summed E-state index contributed by atoms with van der Waals surface area (Å²) in [5.41, 5.74) is 0. The van der Waals surface area contributed by atoms with E-state index in [0.717, 1.165) is 18.9 Å². The summed E-state index contributed by atoms with van der Waals surface area (Å²) in [4.78, 5) is 10.6. The minimum Gasteiger partial charge on any atom is -0.466 e. The van der Waals surface area contributed by atoms with E-state index in [1.807, 2.05) is 0 Å². The predicted molar refractivity (Wildman–Crippen MR) is 36.1 cm³/mol. The minimum absolute atomic E-state index is 0.336. The molecule has 1 fully saturated rings. The summed E-state index contributed by atoms with van der Waals surface area (Å²) < 4.78 is 4.42. The zero-order valence-corrected chi connectivity index (χ0v) is 5.81. The maximum Gasteiger partial charge on any atom is 0.334 e. The molecule has 0 spiro atoms. The average molecular weight is 142 g/mol. The summed E-state index contributed by atoms with van der Waals surface area (Å²) in [6, 6.07) is 0. The normalized spacial score (nSPS) is 15.5. The third-order valence-corrected chi connectivity index (χ3v) is 1.22. The highest BCUT2D eigenvalue weighted by atomic mass is 16.5. The van der Waals surface area contributed by atoms with Crippen molar-refractivity contribution < 1.29 is 9.53 Å². The van der Waals surface area contributed by atoms with E-state index in [1.54, 1.807) is 0 Å². The fraction of sp³-hybridized carbons (Fsp3) is 0.500. The second-order valence-electron chi connectivity index (χ2n) is 1.93. The molecule has 56 valence electrons. The number of hydrogen-bond acceptors (Lipinski definition) is 4. The van der Waals surface area contributed by atoms with Crippen LogP contribution in [0.3, 0.4) is 0 Å². The molecule has 2 N–H and O–H groups in total.